The molecule has 1 saturated heterocycles. The van der Waals surface area contributed by atoms with Crippen LogP contribution in [0, 0.1) is 0 Å². The first-order chi connectivity index (χ1) is 7.58. The fourth-order valence-electron chi connectivity index (χ4n) is 2.21. The fourth-order valence-corrected chi connectivity index (χ4v) is 4.14. The maximum Gasteiger partial charge on any atom is 0.279 e. The van der Waals surface area contributed by atoms with Crippen LogP contribution < -0.4 is 4.72 Å². The average molecular weight is 267 g/mol. The molecule has 0 radical (unpaired) electrons. The van der Waals surface area contributed by atoms with Gasteiger partial charge in [0.25, 0.3) is 10.2 Å². The van der Waals surface area contributed by atoms with E-state index in [0.717, 1.165) is 38.5 Å². The highest BCUT2D eigenvalue weighted by Crippen LogP contribution is 2.26. The van der Waals surface area contributed by atoms with Crippen LogP contribution >= 0.6 is 11.6 Å². The van der Waals surface area contributed by atoms with E-state index < -0.39 is 10.2 Å². The van der Waals surface area contributed by atoms with Crippen LogP contribution in [-0.4, -0.2) is 37.2 Å². The van der Waals surface area contributed by atoms with Gasteiger partial charge in [0, 0.05) is 24.5 Å². The van der Waals surface area contributed by atoms with Crippen LogP contribution in [0.1, 0.15) is 38.5 Å². The highest BCUT2D eigenvalue weighted by atomic mass is 35.5. The second kappa shape index (κ2) is 5.21. The molecule has 16 heavy (non-hydrogen) atoms. The summed E-state index contributed by atoms with van der Waals surface area (Å²) in [6, 6.07) is 0.0516. The largest absolute Gasteiger partial charge is 0.279 e. The lowest BCUT2D eigenvalue weighted by Crippen LogP contribution is -2.50. The van der Waals surface area contributed by atoms with Crippen molar-refractivity contribution >= 4 is 21.8 Å². The molecule has 0 atom stereocenters. The molecule has 6 heteroatoms. The maximum atomic E-state index is 12.0. The van der Waals surface area contributed by atoms with Crippen molar-refractivity contribution in [3.8, 4) is 0 Å². The van der Waals surface area contributed by atoms with Crippen molar-refractivity contribution in [1.29, 1.82) is 0 Å². The van der Waals surface area contributed by atoms with Crippen LogP contribution in [0.5, 0.6) is 0 Å². The second-order valence-electron chi connectivity index (χ2n) is 4.70. The summed E-state index contributed by atoms with van der Waals surface area (Å²) in [7, 11) is -3.27. The van der Waals surface area contributed by atoms with Gasteiger partial charge >= 0.3 is 0 Å². The van der Waals surface area contributed by atoms with Crippen LogP contribution in [-0.2, 0) is 10.2 Å². The molecular weight excluding hydrogens is 248 g/mol. The Bertz CT molecular complexity index is 320. The van der Waals surface area contributed by atoms with Crippen LogP contribution in [0.3, 0.4) is 0 Å². The van der Waals surface area contributed by atoms with Crippen molar-refractivity contribution in [3.05, 3.63) is 0 Å². The first kappa shape index (κ1) is 12.6. The number of nitrogens with zero attached hydrogens (tertiary/aromatic N) is 1. The summed E-state index contributed by atoms with van der Waals surface area (Å²) in [5.74, 6) is 0. The molecule has 4 nitrogen and oxygen atoms in total. The summed E-state index contributed by atoms with van der Waals surface area (Å²) in [4.78, 5) is 0. The third-order valence-corrected chi connectivity index (χ3v) is 5.33. The van der Waals surface area contributed by atoms with E-state index in [9.17, 15) is 8.42 Å². The predicted molar refractivity (Wildman–Crippen MR) is 64.8 cm³/mol. The van der Waals surface area contributed by atoms with E-state index in [4.69, 9.17) is 11.6 Å². The molecule has 1 aliphatic carbocycles. The Morgan fingerprint density at radius 3 is 2.12 bits per heavy atom. The number of alkyl halides is 1. The average Bonchev–Trinajstić information content (AvgIpc) is 2.43. The molecule has 1 aliphatic heterocycles. The highest BCUT2D eigenvalue weighted by Gasteiger charge is 2.33. The van der Waals surface area contributed by atoms with Gasteiger partial charge in [-0.2, -0.15) is 17.4 Å². The van der Waals surface area contributed by atoms with E-state index in [-0.39, 0.29) is 11.4 Å². The Morgan fingerprint density at radius 1 is 1.06 bits per heavy atom. The minimum Gasteiger partial charge on any atom is -0.199 e. The van der Waals surface area contributed by atoms with Crippen LogP contribution in [0.25, 0.3) is 0 Å². The van der Waals surface area contributed by atoms with Crippen LogP contribution in [0.4, 0.5) is 0 Å². The lowest BCUT2D eigenvalue weighted by Gasteiger charge is -2.33. The summed E-state index contributed by atoms with van der Waals surface area (Å²) >= 11 is 5.84. The topological polar surface area (TPSA) is 49.4 Å². The zero-order valence-corrected chi connectivity index (χ0v) is 10.9. The van der Waals surface area contributed by atoms with Gasteiger partial charge in [-0.3, -0.25) is 0 Å². The first-order valence-electron chi connectivity index (χ1n) is 5.99. The van der Waals surface area contributed by atoms with E-state index >= 15 is 0 Å². The summed E-state index contributed by atoms with van der Waals surface area (Å²) in [5.41, 5.74) is 0. The minimum atomic E-state index is -3.27. The van der Waals surface area contributed by atoms with Crippen molar-refractivity contribution < 1.29 is 8.42 Å². The molecule has 2 fully saturated rings. The van der Waals surface area contributed by atoms with E-state index in [0.29, 0.717) is 13.1 Å². The normalized spacial score (nSPS) is 33.1. The number of hydrogen-bond acceptors (Lipinski definition) is 2. The van der Waals surface area contributed by atoms with Gasteiger partial charge in [0.15, 0.2) is 0 Å². The Kier molecular flexibility index (Phi) is 4.11. The van der Waals surface area contributed by atoms with E-state index in [2.05, 4.69) is 4.72 Å². The fraction of sp³-hybridized carbons (Fsp3) is 1.00. The summed E-state index contributed by atoms with van der Waals surface area (Å²) in [6.45, 7) is 1.32. The van der Waals surface area contributed by atoms with Gasteiger partial charge in [0.1, 0.15) is 0 Å². The smallest absolute Gasteiger partial charge is 0.199 e. The molecule has 2 rings (SSSR count). The molecule has 2 aliphatic rings. The van der Waals surface area contributed by atoms with Crippen molar-refractivity contribution in [1.82, 2.24) is 9.03 Å². The molecule has 1 saturated carbocycles. The molecule has 0 aromatic rings. The molecule has 1 N–H and O–H groups in total. The zero-order chi connectivity index (χ0) is 11.6. The predicted octanol–water partition coefficient (Wildman–Crippen LogP) is 1.47. The molecule has 1 heterocycles. The Hall–Kier alpha value is 0.160. The van der Waals surface area contributed by atoms with Crippen molar-refractivity contribution in [3.63, 3.8) is 0 Å². The molecule has 0 aromatic heterocycles. The number of rotatable bonds is 3. The Morgan fingerprint density at radius 2 is 1.62 bits per heavy atom. The molecule has 0 spiro atoms. The van der Waals surface area contributed by atoms with Gasteiger partial charge < -0.3 is 0 Å². The third-order valence-electron chi connectivity index (χ3n) is 3.30. The highest BCUT2D eigenvalue weighted by molar-refractivity contribution is 7.87. The van der Waals surface area contributed by atoms with E-state index in [1.165, 1.54) is 0 Å². The lowest BCUT2D eigenvalue weighted by molar-refractivity contribution is 0.360. The molecule has 0 unspecified atom stereocenters. The molecule has 0 aromatic carbocycles. The SMILES string of the molecule is O=S(=O)(NC1CC(Cl)C1)N1CCCCCC1. The van der Waals surface area contributed by atoms with E-state index in [1.54, 1.807) is 4.31 Å². The zero-order valence-electron chi connectivity index (χ0n) is 9.36. The van der Waals surface area contributed by atoms with Gasteiger partial charge in [0.05, 0.1) is 0 Å². The molecule has 0 amide bonds. The monoisotopic (exact) mass is 266 g/mol. The van der Waals surface area contributed by atoms with Crippen molar-refractivity contribution in [2.24, 2.45) is 0 Å². The Labute approximate surface area is 103 Å². The van der Waals surface area contributed by atoms with Gasteiger partial charge in [0.2, 0.25) is 0 Å². The summed E-state index contributed by atoms with van der Waals surface area (Å²) in [5, 5.41) is 0.150. The molecular formula is C10H19ClN2O2S. The molecule has 0 bridgehead atoms. The first-order valence-corrected chi connectivity index (χ1v) is 7.87. The number of nitrogens with one attached hydrogen (secondary N) is 1. The van der Waals surface area contributed by atoms with Gasteiger partial charge in [-0.1, -0.05) is 12.8 Å². The maximum absolute atomic E-state index is 12.0. The van der Waals surface area contributed by atoms with Gasteiger partial charge in [-0.15, -0.1) is 11.6 Å². The Balaban J connectivity index is 1.89. The van der Waals surface area contributed by atoms with E-state index in [1.807, 2.05) is 0 Å². The van der Waals surface area contributed by atoms with Gasteiger partial charge in [-0.25, -0.2) is 0 Å². The van der Waals surface area contributed by atoms with Crippen molar-refractivity contribution in [2.75, 3.05) is 13.1 Å². The number of halogens is 1. The third kappa shape index (κ3) is 3.09. The van der Waals surface area contributed by atoms with Crippen molar-refractivity contribution in [2.45, 2.75) is 49.9 Å². The molecule has 94 valence electrons. The quantitative estimate of drug-likeness (QED) is 0.787. The second-order valence-corrected chi connectivity index (χ2v) is 7.02. The minimum absolute atomic E-state index is 0.0516. The number of hydrogen-bond donors (Lipinski definition) is 1. The van der Waals surface area contributed by atoms with Gasteiger partial charge in [-0.05, 0) is 25.7 Å². The summed E-state index contributed by atoms with van der Waals surface area (Å²) in [6.07, 6.45) is 5.75. The summed E-state index contributed by atoms with van der Waals surface area (Å²) < 4.78 is 28.4. The van der Waals surface area contributed by atoms with Crippen LogP contribution in [0.15, 0.2) is 0 Å². The van der Waals surface area contributed by atoms with Crippen LogP contribution in [0.2, 0.25) is 0 Å². The standard InChI is InChI=1S/C10H19ClN2O2S/c11-9-7-10(8-9)12-16(14,15)13-5-3-1-2-4-6-13/h9-10,12H,1-8H2. The lowest BCUT2D eigenvalue weighted by atomic mass is 9.94.